The van der Waals surface area contributed by atoms with Crippen LogP contribution in [0.2, 0.25) is 5.02 Å². The van der Waals surface area contributed by atoms with Gasteiger partial charge in [0.1, 0.15) is 0 Å². The maximum Gasteiger partial charge on any atom is 0.255 e. The fraction of sp³-hybridized carbons (Fsp3) is 0.133. The number of carbonyl (C=O) groups is 1. The van der Waals surface area contributed by atoms with E-state index in [1.165, 1.54) is 5.56 Å². The summed E-state index contributed by atoms with van der Waals surface area (Å²) in [5.74, 6) is -0.111. The van der Waals surface area contributed by atoms with Gasteiger partial charge in [-0.15, -0.1) is 0 Å². The lowest BCUT2D eigenvalue weighted by Crippen LogP contribution is -2.11. The Morgan fingerprint density at radius 2 is 1.67 bits per heavy atom. The van der Waals surface area contributed by atoms with Gasteiger partial charge in [-0.1, -0.05) is 30.7 Å². The maximum atomic E-state index is 12.0. The summed E-state index contributed by atoms with van der Waals surface area (Å²) in [6.07, 6.45) is 0.971. The normalized spacial score (nSPS) is 10.1. The van der Waals surface area contributed by atoms with E-state index in [1.54, 1.807) is 24.3 Å². The largest absolute Gasteiger partial charge is 0.322 e. The minimum absolute atomic E-state index is 0.111. The summed E-state index contributed by atoms with van der Waals surface area (Å²) >= 11 is 5.79. The number of nitrogens with one attached hydrogen (secondary N) is 1. The molecule has 0 fully saturated rings. The van der Waals surface area contributed by atoms with E-state index >= 15 is 0 Å². The van der Waals surface area contributed by atoms with Crippen molar-refractivity contribution in [2.45, 2.75) is 13.3 Å². The molecule has 0 aliphatic heterocycles. The second-order valence-electron chi connectivity index (χ2n) is 4.01. The molecule has 1 amide bonds. The van der Waals surface area contributed by atoms with E-state index in [0.29, 0.717) is 10.6 Å². The van der Waals surface area contributed by atoms with Crippen molar-refractivity contribution >= 4 is 23.2 Å². The standard InChI is InChI=1S/C15H14ClNO/c1-2-11-3-5-12(6-4-11)15(18)17-14-9-7-13(16)8-10-14/h3-10H,2H2,1H3,(H,17,18). The highest BCUT2D eigenvalue weighted by Gasteiger charge is 2.05. The third-order valence-electron chi connectivity index (χ3n) is 2.73. The van der Waals surface area contributed by atoms with Crippen LogP contribution in [0.5, 0.6) is 0 Å². The van der Waals surface area contributed by atoms with E-state index in [9.17, 15) is 4.79 Å². The van der Waals surface area contributed by atoms with Crippen molar-refractivity contribution in [3.05, 3.63) is 64.7 Å². The Balaban J connectivity index is 2.09. The summed E-state index contributed by atoms with van der Waals surface area (Å²) in [5, 5.41) is 3.48. The molecule has 0 bridgehead atoms. The Hall–Kier alpha value is -1.80. The molecule has 0 atom stereocenters. The number of halogens is 1. The van der Waals surface area contributed by atoms with E-state index in [0.717, 1.165) is 12.1 Å². The first-order valence-electron chi connectivity index (χ1n) is 5.85. The fourth-order valence-corrected chi connectivity index (χ4v) is 1.75. The van der Waals surface area contributed by atoms with Crippen LogP contribution in [0.4, 0.5) is 5.69 Å². The molecule has 0 aromatic heterocycles. The Bertz CT molecular complexity index is 531. The van der Waals surface area contributed by atoms with Gasteiger partial charge in [-0.3, -0.25) is 4.79 Å². The predicted molar refractivity (Wildman–Crippen MR) is 75.2 cm³/mol. The maximum absolute atomic E-state index is 12.0. The van der Waals surface area contributed by atoms with Crippen LogP contribution in [0.1, 0.15) is 22.8 Å². The van der Waals surface area contributed by atoms with Gasteiger partial charge < -0.3 is 5.32 Å². The number of hydrogen-bond donors (Lipinski definition) is 1. The number of carbonyl (C=O) groups excluding carboxylic acids is 1. The van der Waals surface area contributed by atoms with Crippen molar-refractivity contribution in [3.8, 4) is 0 Å². The molecule has 1 N–H and O–H groups in total. The van der Waals surface area contributed by atoms with Crippen molar-refractivity contribution in [1.82, 2.24) is 0 Å². The van der Waals surface area contributed by atoms with Gasteiger partial charge in [-0.25, -0.2) is 0 Å². The molecule has 18 heavy (non-hydrogen) atoms. The molecule has 2 rings (SSSR count). The first kappa shape index (κ1) is 12.7. The molecule has 0 unspecified atom stereocenters. The average molecular weight is 260 g/mol. The first-order chi connectivity index (χ1) is 8.69. The van der Waals surface area contributed by atoms with Gasteiger partial charge in [0.2, 0.25) is 0 Å². The third kappa shape index (κ3) is 3.11. The van der Waals surface area contributed by atoms with E-state index < -0.39 is 0 Å². The number of hydrogen-bond acceptors (Lipinski definition) is 1. The van der Waals surface area contributed by atoms with E-state index in [-0.39, 0.29) is 5.91 Å². The zero-order valence-electron chi connectivity index (χ0n) is 10.1. The second kappa shape index (κ2) is 5.69. The lowest BCUT2D eigenvalue weighted by molar-refractivity contribution is 0.102. The van der Waals surface area contributed by atoms with Gasteiger partial charge in [-0.2, -0.15) is 0 Å². The van der Waals surface area contributed by atoms with Gasteiger partial charge >= 0.3 is 0 Å². The van der Waals surface area contributed by atoms with Crippen LogP contribution in [0.15, 0.2) is 48.5 Å². The highest BCUT2D eigenvalue weighted by atomic mass is 35.5. The van der Waals surface area contributed by atoms with Crippen LogP contribution in [-0.4, -0.2) is 5.91 Å². The van der Waals surface area contributed by atoms with Crippen molar-refractivity contribution in [2.75, 3.05) is 5.32 Å². The van der Waals surface area contributed by atoms with Gasteiger partial charge in [0.05, 0.1) is 0 Å². The van der Waals surface area contributed by atoms with Crippen molar-refractivity contribution in [2.24, 2.45) is 0 Å². The molecule has 92 valence electrons. The zero-order valence-corrected chi connectivity index (χ0v) is 10.9. The van der Waals surface area contributed by atoms with Crippen LogP contribution in [0.25, 0.3) is 0 Å². The highest BCUT2D eigenvalue weighted by molar-refractivity contribution is 6.30. The number of amides is 1. The predicted octanol–water partition coefficient (Wildman–Crippen LogP) is 4.15. The Morgan fingerprint density at radius 3 is 2.22 bits per heavy atom. The summed E-state index contributed by atoms with van der Waals surface area (Å²) in [6.45, 7) is 2.09. The van der Waals surface area contributed by atoms with Crippen LogP contribution >= 0.6 is 11.6 Å². The molecular weight excluding hydrogens is 246 g/mol. The summed E-state index contributed by atoms with van der Waals surface area (Å²) in [4.78, 5) is 12.0. The van der Waals surface area contributed by atoms with Gasteiger partial charge in [0, 0.05) is 16.3 Å². The fourth-order valence-electron chi connectivity index (χ4n) is 1.63. The zero-order chi connectivity index (χ0) is 13.0. The molecule has 0 aliphatic rings. The van der Waals surface area contributed by atoms with Crippen LogP contribution < -0.4 is 5.32 Å². The van der Waals surface area contributed by atoms with Gasteiger partial charge in [-0.05, 0) is 48.4 Å². The number of rotatable bonds is 3. The molecular formula is C15H14ClNO. The average Bonchev–Trinajstić information content (AvgIpc) is 2.41. The van der Waals surface area contributed by atoms with Crippen molar-refractivity contribution < 1.29 is 4.79 Å². The van der Waals surface area contributed by atoms with Crippen LogP contribution in [0.3, 0.4) is 0 Å². The lowest BCUT2D eigenvalue weighted by Gasteiger charge is -2.05. The van der Waals surface area contributed by atoms with Crippen molar-refractivity contribution in [3.63, 3.8) is 0 Å². The topological polar surface area (TPSA) is 29.1 Å². The molecule has 0 heterocycles. The van der Waals surface area contributed by atoms with Crippen LogP contribution in [-0.2, 0) is 6.42 Å². The minimum atomic E-state index is -0.111. The quantitative estimate of drug-likeness (QED) is 0.881. The molecule has 2 aromatic carbocycles. The smallest absolute Gasteiger partial charge is 0.255 e. The molecule has 3 heteroatoms. The van der Waals surface area contributed by atoms with Gasteiger partial charge in [0.15, 0.2) is 0 Å². The Kier molecular flexibility index (Phi) is 4.00. The molecule has 0 spiro atoms. The molecule has 0 radical (unpaired) electrons. The summed E-state index contributed by atoms with van der Waals surface area (Å²) in [6, 6.07) is 14.7. The molecule has 0 saturated carbocycles. The Morgan fingerprint density at radius 1 is 1.06 bits per heavy atom. The Labute approximate surface area is 112 Å². The first-order valence-corrected chi connectivity index (χ1v) is 6.22. The van der Waals surface area contributed by atoms with E-state index in [4.69, 9.17) is 11.6 Å². The highest BCUT2D eigenvalue weighted by Crippen LogP contribution is 2.14. The van der Waals surface area contributed by atoms with E-state index in [1.807, 2.05) is 24.3 Å². The summed E-state index contributed by atoms with van der Waals surface area (Å²) in [5.41, 5.74) is 2.61. The number of anilines is 1. The number of benzene rings is 2. The molecule has 2 nitrogen and oxygen atoms in total. The van der Waals surface area contributed by atoms with Crippen LogP contribution in [0, 0.1) is 0 Å². The van der Waals surface area contributed by atoms with Gasteiger partial charge in [0.25, 0.3) is 5.91 Å². The molecule has 2 aromatic rings. The van der Waals surface area contributed by atoms with Crippen molar-refractivity contribution in [1.29, 1.82) is 0 Å². The molecule has 0 aliphatic carbocycles. The third-order valence-corrected chi connectivity index (χ3v) is 2.98. The van der Waals surface area contributed by atoms with E-state index in [2.05, 4.69) is 12.2 Å². The summed E-state index contributed by atoms with van der Waals surface area (Å²) < 4.78 is 0. The second-order valence-corrected chi connectivity index (χ2v) is 4.45. The molecule has 0 saturated heterocycles. The lowest BCUT2D eigenvalue weighted by atomic mass is 10.1. The SMILES string of the molecule is CCc1ccc(C(=O)Nc2ccc(Cl)cc2)cc1. The summed E-state index contributed by atoms with van der Waals surface area (Å²) in [7, 11) is 0. The minimum Gasteiger partial charge on any atom is -0.322 e. The monoisotopic (exact) mass is 259 g/mol. The number of aryl methyl sites for hydroxylation is 1.